The Bertz CT molecular complexity index is 802. The van der Waals surface area contributed by atoms with Crippen LogP contribution >= 0.6 is 11.6 Å². The number of hydrogen-bond donors (Lipinski definition) is 0. The minimum absolute atomic E-state index is 0.0458. The number of rotatable bonds is 6. The van der Waals surface area contributed by atoms with Crippen LogP contribution < -0.4 is 14.4 Å². The monoisotopic (exact) mass is 402 g/mol. The maximum Gasteiger partial charge on any atom is 0.263 e. The average Bonchev–Trinajstić information content (AvgIpc) is 2.74. The molecule has 1 amide bonds. The van der Waals surface area contributed by atoms with Crippen LogP contribution in [0.1, 0.15) is 18.9 Å². The molecule has 0 spiro atoms. The number of nitrogens with zero attached hydrogens (tertiary/aromatic N) is 2. The number of benzene rings is 2. The van der Waals surface area contributed by atoms with E-state index < -0.39 is 6.10 Å². The Labute approximate surface area is 171 Å². The number of piperazine rings is 1. The molecule has 1 atom stereocenters. The zero-order valence-electron chi connectivity index (χ0n) is 16.7. The van der Waals surface area contributed by atoms with Gasteiger partial charge in [-0.3, -0.25) is 4.79 Å². The maximum atomic E-state index is 13.0. The second kappa shape index (κ2) is 9.20. The fourth-order valence-corrected chi connectivity index (χ4v) is 3.46. The van der Waals surface area contributed by atoms with Crippen molar-refractivity contribution < 1.29 is 14.3 Å². The van der Waals surface area contributed by atoms with Crippen molar-refractivity contribution in [2.75, 3.05) is 38.2 Å². The van der Waals surface area contributed by atoms with Gasteiger partial charge in [-0.1, -0.05) is 18.5 Å². The number of carbonyl (C=O) groups is 1. The molecule has 0 radical (unpaired) electrons. The van der Waals surface area contributed by atoms with Crippen molar-refractivity contribution in [3.05, 3.63) is 53.1 Å². The van der Waals surface area contributed by atoms with Gasteiger partial charge in [0, 0.05) is 36.9 Å². The molecule has 2 aromatic carbocycles. The smallest absolute Gasteiger partial charge is 0.263 e. The zero-order valence-corrected chi connectivity index (χ0v) is 17.4. The highest BCUT2D eigenvalue weighted by molar-refractivity contribution is 6.31. The van der Waals surface area contributed by atoms with E-state index in [0.717, 1.165) is 30.1 Å². The van der Waals surface area contributed by atoms with Crippen LogP contribution in [0.3, 0.4) is 0 Å². The van der Waals surface area contributed by atoms with E-state index in [2.05, 4.69) is 17.0 Å². The van der Waals surface area contributed by atoms with Crippen molar-refractivity contribution in [2.24, 2.45) is 0 Å². The highest BCUT2D eigenvalue weighted by Crippen LogP contribution is 2.24. The Kier molecular flexibility index (Phi) is 6.68. The van der Waals surface area contributed by atoms with Crippen LogP contribution in [0.15, 0.2) is 42.5 Å². The van der Waals surface area contributed by atoms with E-state index >= 15 is 0 Å². The van der Waals surface area contributed by atoms with Crippen LogP contribution in [-0.2, 0) is 4.79 Å². The van der Waals surface area contributed by atoms with Gasteiger partial charge in [-0.15, -0.1) is 0 Å². The molecule has 1 aliphatic rings. The molecule has 0 aliphatic carbocycles. The van der Waals surface area contributed by atoms with E-state index in [1.54, 1.807) is 13.2 Å². The molecule has 0 unspecified atom stereocenters. The van der Waals surface area contributed by atoms with Gasteiger partial charge in [0.05, 0.1) is 7.11 Å². The molecule has 3 rings (SSSR count). The zero-order chi connectivity index (χ0) is 20.1. The number of carbonyl (C=O) groups excluding carboxylic acids is 1. The van der Waals surface area contributed by atoms with Crippen LogP contribution in [0.4, 0.5) is 5.69 Å². The van der Waals surface area contributed by atoms with Crippen molar-refractivity contribution in [3.63, 3.8) is 0 Å². The highest BCUT2D eigenvalue weighted by Gasteiger charge is 2.28. The second-order valence-corrected chi connectivity index (χ2v) is 7.34. The average molecular weight is 403 g/mol. The van der Waals surface area contributed by atoms with Crippen LogP contribution in [-0.4, -0.2) is 50.2 Å². The minimum Gasteiger partial charge on any atom is -0.497 e. The van der Waals surface area contributed by atoms with Crippen LogP contribution in [0.5, 0.6) is 11.5 Å². The van der Waals surface area contributed by atoms with Gasteiger partial charge in [0.1, 0.15) is 11.5 Å². The summed E-state index contributed by atoms with van der Waals surface area (Å²) in [6, 6.07) is 13.5. The molecule has 0 saturated carbocycles. The van der Waals surface area contributed by atoms with Crippen LogP contribution in [0, 0.1) is 6.92 Å². The van der Waals surface area contributed by atoms with E-state index in [1.165, 1.54) is 0 Å². The summed E-state index contributed by atoms with van der Waals surface area (Å²) in [6.45, 7) is 6.87. The molecule has 1 saturated heterocycles. The lowest BCUT2D eigenvalue weighted by atomic mass is 10.2. The summed E-state index contributed by atoms with van der Waals surface area (Å²) < 4.78 is 11.2. The molecule has 0 N–H and O–H groups in total. The molecule has 6 heteroatoms. The molecule has 2 aromatic rings. The number of amides is 1. The van der Waals surface area contributed by atoms with Gasteiger partial charge in [-0.25, -0.2) is 0 Å². The normalized spacial score (nSPS) is 15.3. The number of methoxy groups -OCH3 is 1. The fourth-order valence-electron chi connectivity index (χ4n) is 3.34. The molecule has 1 fully saturated rings. The van der Waals surface area contributed by atoms with Gasteiger partial charge >= 0.3 is 0 Å². The van der Waals surface area contributed by atoms with Gasteiger partial charge in [-0.05, 0) is 61.4 Å². The minimum atomic E-state index is -0.479. The van der Waals surface area contributed by atoms with E-state index in [1.807, 2.05) is 43.0 Å². The predicted molar refractivity (Wildman–Crippen MR) is 113 cm³/mol. The first-order chi connectivity index (χ1) is 13.5. The first-order valence-electron chi connectivity index (χ1n) is 9.62. The Morgan fingerprint density at radius 2 is 1.71 bits per heavy atom. The summed E-state index contributed by atoms with van der Waals surface area (Å²) in [5.41, 5.74) is 2.09. The van der Waals surface area contributed by atoms with Crippen LogP contribution in [0.2, 0.25) is 5.02 Å². The topological polar surface area (TPSA) is 42.0 Å². The lowest BCUT2D eigenvalue weighted by molar-refractivity contribution is -0.139. The van der Waals surface area contributed by atoms with Crippen LogP contribution in [0.25, 0.3) is 0 Å². The Morgan fingerprint density at radius 1 is 1.07 bits per heavy atom. The number of halogens is 1. The molecule has 1 heterocycles. The number of hydrogen-bond acceptors (Lipinski definition) is 4. The van der Waals surface area contributed by atoms with Gasteiger partial charge < -0.3 is 19.3 Å². The second-order valence-electron chi connectivity index (χ2n) is 6.94. The van der Waals surface area contributed by atoms with Gasteiger partial charge in [0.25, 0.3) is 5.91 Å². The molecule has 5 nitrogen and oxygen atoms in total. The molecular formula is C22H27ClN2O3. The van der Waals surface area contributed by atoms with Gasteiger partial charge in [0.15, 0.2) is 6.10 Å². The Balaban J connectivity index is 1.58. The standard InChI is InChI=1S/C22H27ClN2O3/c1-4-21(28-19-9-10-20(23)16(2)15-19)22(26)25-13-11-24(12-14-25)17-5-7-18(27-3)8-6-17/h5-10,15,21H,4,11-14H2,1-3H3/t21-/m1/s1. The summed E-state index contributed by atoms with van der Waals surface area (Å²) in [6.07, 6.45) is 0.146. The third kappa shape index (κ3) is 4.71. The highest BCUT2D eigenvalue weighted by atomic mass is 35.5. The van der Waals surface area contributed by atoms with Crippen molar-refractivity contribution in [2.45, 2.75) is 26.4 Å². The summed E-state index contributed by atoms with van der Waals surface area (Å²) >= 11 is 6.07. The van der Waals surface area contributed by atoms with Gasteiger partial charge in [-0.2, -0.15) is 0 Å². The molecular weight excluding hydrogens is 376 g/mol. The van der Waals surface area contributed by atoms with E-state index in [4.69, 9.17) is 21.1 Å². The van der Waals surface area contributed by atoms with Gasteiger partial charge in [0.2, 0.25) is 0 Å². The molecule has 28 heavy (non-hydrogen) atoms. The third-order valence-corrected chi connectivity index (χ3v) is 5.51. The Morgan fingerprint density at radius 3 is 2.29 bits per heavy atom. The number of aryl methyl sites for hydroxylation is 1. The van der Waals surface area contributed by atoms with Crippen molar-refractivity contribution >= 4 is 23.2 Å². The fraction of sp³-hybridized carbons (Fsp3) is 0.409. The molecule has 0 bridgehead atoms. The maximum absolute atomic E-state index is 13.0. The van der Waals surface area contributed by atoms with Crippen molar-refractivity contribution in [1.29, 1.82) is 0 Å². The largest absolute Gasteiger partial charge is 0.497 e. The summed E-state index contributed by atoms with van der Waals surface area (Å²) in [5, 5.41) is 0.696. The lowest BCUT2D eigenvalue weighted by Gasteiger charge is -2.37. The van der Waals surface area contributed by atoms with E-state index in [-0.39, 0.29) is 5.91 Å². The molecule has 1 aliphatic heterocycles. The SMILES string of the molecule is CC[C@@H](Oc1ccc(Cl)c(C)c1)C(=O)N1CCN(c2ccc(OC)cc2)CC1. The molecule has 150 valence electrons. The predicted octanol–water partition coefficient (Wildman–Crippen LogP) is 4.16. The van der Waals surface area contributed by atoms with Crippen molar-refractivity contribution in [1.82, 2.24) is 4.90 Å². The Hall–Kier alpha value is -2.40. The summed E-state index contributed by atoms with van der Waals surface area (Å²) in [4.78, 5) is 17.1. The summed E-state index contributed by atoms with van der Waals surface area (Å²) in [7, 11) is 1.66. The lowest BCUT2D eigenvalue weighted by Crippen LogP contribution is -2.52. The van der Waals surface area contributed by atoms with E-state index in [0.29, 0.717) is 30.3 Å². The number of anilines is 1. The quantitative estimate of drug-likeness (QED) is 0.727. The first kappa shape index (κ1) is 20.3. The van der Waals surface area contributed by atoms with Crippen molar-refractivity contribution in [3.8, 4) is 11.5 Å². The molecule has 0 aromatic heterocycles. The summed E-state index contributed by atoms with van der Waals surface area (Å²) in [5.74, 6) is 1.57. The third-order valence-electron chi connectivity index (χ3n) is 5.08. The van der Waals surface area contributed by atoms with E-state index in [9.17, 15) is 4.79 Å². The first-order valence-corrected chi connectivity index (χ1v) is 10.00. The number of ether oxygens (including phenoxy) is 2.